The molecule has 2 unspecified atom stereocenters. The van der Waals surface area contributed by atoms with Gasteiger partial charge in [-0.2, -0.15) is 0 Å². The third kappa shape index (κ3) is 1.58. The van der Waals surface area contributed by atoms with Crippen molar-refractivity contribution in [1.82, 2.24) is 0 Å². The van der Waals surface area contributed by atoms with Gasteiger partial charge in [-0.1, -0.05) is 0 Å². The zero-order valence-electron chi connectivity index (χ0n) is 6.79. The van der Waals surface area contributed by atoms with E-state index in [0.29, 0.717) is 6.04 Å². The molecule has 1 heterocycles. The Bertz CT molecular complexity index is 271. The monoisotopic (exact) mass is 245 g/mol. The van der Waals surface area contributed by atoms with Crippen LogP contribution in [0.4, 0.5) is 0 Å². The summed E-state index contributed by atoms with van der Waals surface area (Å²) in [6.45, 7) is 0. The third-order valence-electron chi connectivity index (χ3n) is 2.61. The maximum absolute atomic E-state index is 5.88. The number of hydrogen-bond acceptors (Lipinski definition) is 2. The third-order valence-corrected chi connectivity index (χ3v) is 4.56. The number of hydrogen-bond donors (Lipinski definition) is 1. The maximum atomic E-state index is 5.88. The van der Waals surface area contributed by atoms with Gasteiger partial charge in [-0.15, -0.1) is 11.3 Å². The van der Waals surface area contributed by atoms with E-state index in [1.807, 2.05) is 11.3 Å². The normalized spacial score (nSPS) is 28.5. The van der Waals surface area contributed by atoms with Gasteiger partial charge in [-0.3, -0.25) is 0 Å². The van der Waals surface area contributed by atoms with Crippen LogP contribution >= 0.6 is 27.3 Å². The first-order chi connectivity index (χ1) is 5.77. The van der Waals surface area contributed by atoms with Crippen molar-refractivity contribution in [2.45, 2.75) is 25.3 Å². The number of rotatable bonds is 2. The minimum Gasteiger partial charge on any atom is -0.327 e. The maximum Gasteiger partial charge on any atom is 0.0314 e. The summed E-state index contributed by atoms with van der Waals surface area (Å²) in [4.78, 5) is 1.45. The van der Waals surface area contributed by atoms with Gasteiger partial charge in [0, 0.05) is 15.4 Å². The van der Waals surface area contributed by atoms with Crippen molar-refractivity contribution in [2.75, 3.05) is 0 Å². The van der Waals surface area contributed by atoms with Crippen LogP contribution in [0.3, 0.4) is 0 Å². The van der Waals surface area contributed by atoms with Gasteiger partial charge in [-0.05, 0) is 52.6 Å². The van der Waals surface area contributed by atoms with Crippen LogP contribution in [0.25, 0.3) is 0 Å². The van der Waals surface area contributed by atoms with Crippen molar-refractivity contribution >= 4 is 27.3 Å². The van der Waals surface area contributed by atoms with Crippen molar-refractivity contribution in [2.24, 2.45) is 11.7 Å². The molecule has 0 radical (unpaired) electrons. The predicted octanol–water partition coefficient (Wildman–Crippen LogP) is 2.79. The lowest BCUT2D eigenvalue weighted by Gasteiger charge is -2.33. The summed E-state index contributed by atoms with van der Waals surface area (Å²) in [5.41, 5.74) is 5.88. The van der Waals surface area contributed by atoms with Crippen molar-refractivity contribution in [3.63, 3.8) is 0 Å². The average Bonchev–Trinajstić information content (AvgIpc) is 2.44. The Balaban J connectivity index is 1.99. The topological polar surface area (TPSA) is 26.0 Å². The summed E-state index contributed by atoms with van der Waals surface area (Å²) in [5, 5.41) is 2.13. The standard InChI is InChI=1S/C9H12BrNS/c10-7-3-4-12-9(7)5-6-1-2-8(6)11/h3-4,6,8H,1-2,5,11H2. The summed E-state index contributed by atoms with van der Waals surface area (Å²) in [6.07, 6.45) is 3.69. The molecule has 1 fully saturated rings. The number of thiophene rings is 1. The van der Waals surface area contributed by atoms with Gasteiger partial charge >= 0.3 is 0 Å². The average molecular weight is 246 g/mol. The molecule has 1 aromatic rings. The highest BCUT2D eigenvalue weighted by Gasteiger charge is 2.27. The molecule has 0 spiro atoms. The van der Waals surface area contributed by atoms with Gasteiger partial charge in [0.15, 0.2) is 0 Å². The highest BCUT2D eigenvalue weighted by molar-refractivity contribution is 9.10. The van der Waals surface area contributed by atoms with Gasteiger partial charge in [0.05, 0.1) is 0 Å². The molecule has 1 aliphatic rings. The molecule has 2 N–H and O–H groups in total. The van der Waals surface area contributed by atoms with Gasteiger partial charge in [0.25, 0.3) is 0 Å². The Morgan fingerprint density at radius 3 is 2.83 bits per heavy atom. The summed E-state index contributed by atoms with van der Waals surface area (Å²) < 4.78 is 1.26. The predicted molar refractivity (Wildman–Crippen MR) is 56.4 cm³/mol. The fourth-order valence-electron chi connectivity index (χ4n) is 1.56. The second kappa shape index (κ2) is 3.48. The van der Waals surface area contributed by atoms with E-state index in [4.69, 9.17) is 5.73 Å². The molecule has 0 bridgehead atoms. The van der Waals surface area contributed by atoms with Crippen LogP contribution in [-0.4, -0.2) is 6.04 Å². The Labute approximate surface area is 85.1 Å². The molecule has 3 heteroatoms. The molecule has 1 aliphatic carbocycles. The lowest BCUT2D eigenvalue weighted by Crippen LogP contribution is -2.40. The van der Waals surface area contributed by atoms with Crippen LogP contribution in [0.15, 0.2) is 15.9 Å². The van der Waals surface area contributed by atoms with Crippen LogP contribution in [0.5, 0.6) is 0 Å². The Hall–Kier alpha value is 0.140. The molecular formula is C9H12BrNS. The molecule has 1 aromatic heterocycles. The van der Waals surface area contributed by atoms with Gasteiger partial charge in [0.2, 0.25) is 0 Å². The first kappa shape index (κ1) is 8.73. The minimum absolute atomic E-state index is 0.457. The van der Waals surface area contributed by atoms with E-state index in [1.54, 1.807) is 0 Å². The van der Waals surface area contributed by atoms with E-state index in [9.17, 15) is 0 Å². The second-order valence-corrected chi connectivity index (χ2v) is 5.25. The van der Waals surface area contributed by atoms with E-state index in [1.165, 1.54) is 28.6 Å². The molecule has 0 saturated heterocycles. The van der Waals surface area contributed by atoms with Crippen molar-refractivity contribution in [3.8, 4) is 0 Å². The van der Waals surface area contributed by atoms with Gasteiger partial charge < -0.3 is 5.73 Å². The van der Waals surface area contributed by atoms with Gasteiger partial charge in [-0.25, -0.2) is 0 Å². The molecule has 66 valence electrons. The molecule has 2 rings (SSSR count). The smallest absolute Gasteiger partial charge is 0.0314 e. The Morgan fingerprint density at radius 1 is 1.58 bits per heavy atom. The second-order valence-electron chi connectivity index (χ2n) is 3.40. The molecule has 0 amide bonds. The van der Waals surface area contributed by atoms with Crippen molar-refractivity contribution < 1.29 is 0 Å². The molecule has 1 saturated carbocycles. The van der Waals surface area contributed by atoms with Crippen molar-refractivity contribution in [1.29, 1.82) is 0 Å². The molecule has 2 atom stereocenters. The largest absolute Gasteiger partial charge is 0.327 e. The molecule has 0 aliphatic heterocycles. The first-order valence-electron chi connectivity index (χ1n) is 4.25. The summed E-state index contributed by atoms with van der Waals surface area (Å²) in [5.74, 6) is 0.736. The number of nitrogens with two attached hydrogens (primary N) is 1. The van der Waals surface area contributed by atoms with E-state index in [-0.39, 0.29) is 0 Å². The Morgan fingerprint density at radius 2 is 2.42 bits per heavy atom. The lowest BCUT2D eigenvalue weighted by atomic mass is 9.78. The zero-order valence-corrected chi connectivity index (χ0v) is 9.20. The van der Waals surface area contributed by atoms with E-state index in [2.05, 4.69) is 27.4 Å². The molecular weight excluding hydrogens is 234 g/mol. The van der Waals surface area contributed by atoms with Crippen LogP contribution in [0.1, 0.15) is 17.7 Å². The summed E-state index contributed by atoms with van der Waals surface area (Å²) in [7, 11) is 0. The molecule has 1 nitrogen and oxygen atoms in total. The molecule has 12 heavy (non-hydrogen) atoms. The lowest BCUT2D eigenvalue weighted by molar-refractivity contribution is 0.257. The summed E-state index contributed by atoms with van der Waals surface area (Å²) in [6, 6.07) is 2.57. The fraction of sp³-hybridized carbons (Fsp3) is 0.556. The zero-order chi connectivity index (χ0) is 8.55. The van der Waals surface area contributed by atoms with E-state index < -0.39 is 0 Å². The summed E-state index contributed by atoms with van der Waals surface area (Å²) >= 11 is 5.36. The highest BCUT2D eigenvalue weighted by Crippen LogP contribution is 2.33. The van der Waals surface area contributed by atoms with Crippen molar-refractivity contribution in [3.05, 3.63) is 20.8 Å². The van der Waals surface area contributed by atoms with E-state index in [0.717, 1.165) is 5.92 Å². The first-order valence-corrected chi connectivity index (χ1v) is 5.92. The van der Waals surface area contributed by atoms with Crippen LogP contribution in [0, 0.1) is 5.92 Å². The van der Waals surface area contributed by atoms with Crippen LogP contribution < -0.4 is 5.73 Å². The van der Waals surface area contributed by atoms with Crippen LogP contribution in [0.2, 0.25) is 0 Å². The quantitative estimate of drug-likeness (QED) is 0.853. The SMILES string of the molecule is NC1CCC1Cc1sccc1Br. The number of halogens is 1. The Kier molecular flexibility index (Phi) is 2.53. The highest BCUT2D eigenvalue weighted by atomic mass is 79.9. The fourth-order valence-corrected chi connectivity index (χ4v) is 3.17. The van der Waals surface area contributed by atoms with Gasteiger partial charge in [0.1, 0.15) is 0 Å². The molecule has 0 aromatic carbocycles. The minimum atomic E-state index is 0.457. The van der Waals surface area contributed by atoms with E-state index >= 15 is 0 Å². The van der Waals surface area contributed by atoms with Crippen LogP contribution in [-0.2, 0) is 6.42 Å².